The minimum absolute atomic E-state index is 0.0685. The molecule has 0 radical (unpaired) electrons. The molecule has 100 valence electrons. The van der Waals surface area contributed by atoms with Gasteiger partial charge < -0.3 is 10.5 Å². The number of hydrogen-bond acceptors (Lipinski definition) is 3. The molecule has 3 nitrogen and oxygen atoms in total. The standard InChI is InChI=1S/C11H11BrF3NO2/c1-2-18-10(17)11(14,15)9(16)8-6(12)4-3-5-7(8)13/h3-5,9H,2,16H2,1H3/t9-/m1/s1. The summed E-state index contributed by atoms with van der Waals surface area (Å²) in [5.74, 6) is -6.69. The van der Waals surface area contributed by atoms with Gasteiger partial charge in [0.25, 0.3) is 0 Å². The minimum atomic E-state index is -4.00. The third-order valence-electron chi connectivity index (χ3n) is 2.25. The molecule has 0 saturated carbocycles. The Kier molecular flexibility index (Phi) is 4.75. The second kappa shape index (κ2) is 5.71. The van der Waals surface area contributed by atoms with Crippen LogP contribution in [0.15, 0.2) is 22.7 Å². The van der Waals surface area contributed by atoms with Crippen LogP contribution in [0.1, 0.15) is 18.5 Å². The van der Waals surface area contributed by atoms with Gasteiger partial charge in [-0.25, -0.2) is 9.18 Å². The number of rotatable bonds is 4. The van der Waals surface area contributed by atoms with Crippen molar-refractivity contribution in [2.45, 2.75) is 18.9 Å². The molecule has 0 saturated heterocycles. The van der Waals surface area contributed by atoms with Crippen molar-refractivity contribution in [3.8, 4) is 0 Å². The van der Waals surface area contributed by atoms with E-state index >= 15 is 0 Å². The highest BCUT2D eigenvalue weighted by Crippen LogP contribution is 2.35. The van der Waals surface area contributed by atoms with E-state index in [0.717, 1.165) is 6.07 Å². The first-order valence-corrected chi connectivity index (χ1v) is 5.86. The molecule has 0 spiro atoms. The monoisotopic (exact) mass is 325 g/mol. The van der Waals surface area contributed by atoms with Gasteiger partial charge in [-0.2, -0.15) is 8.78 Å². The quantitative estimate of drug-likeness (QED) is 0.866. The Morgan fingerprint density at radius 2 is 2.17 bits per heavy atom. The molecule has 1 aromatic rings. The molecule has 0 aliphatic heterocycles. The summed E-state index contributed by atoms with van der Waals surface area (Å²) in [7, 11) is 0. The zero-order chi connectivity index (χ0) is 13.9. The number of ether oxygens (including phenoxy) is 1. The van der Waals surface area contributed by atoms with Crippen molar-refractivity contribution in [1.29, 1.82) is 0 Å². The Morgan fingerprint density at radius 3 is 2.67 bits per heavy atom. The van der Waals surface area contributed by atoms with E-state index in [9.17, 15) is 18.0 Å². The first kappa shape index (κ1) is 15.0. The third kappa shape index (κ3) is 2.84. The summed E-state index contributed by atoms with van der Waals surface area (Å²) < 4.78 is 45.1. The maximum Gasteiger partial charge on any atom is 0.379 e. The van der Waals surface area contributed by atoms with Crippen LogP contribution in [0.5, 0.6) is 0 Å². The van der Waals surface area contributed by atoms with Gasteiger partial charge in [0.15, 0.2) is 0 Å². The predicted molar refractivity (Wildman–Crippen MR) is 62.6 cm³/mol. The van der Waals surface area contributed by atoms with Crippen LogP contribution in [0.25, 0.3) is 0 Å². The number of carbonyl (C=O) groups is 1. The Labute approximate surface area is 110 Å². The molecule has 1 atom stereocenters. The molecular formula is C11H11BrF3NO2. The fraction of sp³-hybridized carbons (Fsp3) is 0.364. The van der Waals surface area contributed by atoms with Crippen molar-refractivity contribution < 1.29 is 22.7 Å². The topological polar surface area (TPSA) is 52.3 Å². The molecule has 0 heterocycles. The van der Waals surface area contributed by atoms with Gasteiger partial charge in [-0.05, 0) is 19.1 Å². The molecule has 1 rings (SSSR count). The van der Waals surface area contributed by atoms with Crippen molar-refractivity contribution in [2.75, 3.05) is 6.61 Å². The number of alkyl halides is 2. The lowest BCUT2D eigenvalue weighted by molar-refractivity contribution is -0.174. The van der Waals surface area contributed by atoms with Gasteiger partial charge in [0.05, 0.1) is 6.61 Å². The molecular weight excluding hydrogens is 315 g/mol. The molecule has 0 unspecified atom stereocenters. The van der Waals surface area contributed by atoms with Gasteiger partial charge in [-0.1, -0.05) is 22.0 Å². The number of hydrogen-bond donors (Lipinski definition) is 1. The van der Waals surface area contributed by atoms with E-state index in [2.05, 4.69) is 20.7 Å². The van der Waals surface area contributed by atoms with Gasteiger partial charge in [0.2, 0.25) is 0 Å². The average molecular weight is 326 g/mol. The van der Waals surface area contributed by atoms with E-state index in [4.69, 9.17) is 5.73 Å². The van der Waals surface area contributed by atoms with Crippen molar-refractivity contribution in [1.82, 2.24) is 0 Å². The van der Waals surface area contributed by atoms with Crippen LogP contribution >= 0.6 is 15.9 Å². The smallest absolute Gasteiger partial charge is 0.379 e. The average Bonchev–Trinajstić information content (AvgIpc) is 2.28. The molecule has 18 heavy (non-hydrogen) atoms. The summed E-state index contributed by atoms with van der Waals surface area (Å²) in [6, 6.07) is 1.56. The van der Waals surface area contributed by atoms with Crippen LogP contribution in [0.3, 0.4) is 0 Å². The highest BCUT2D eigenvalue weighted by Gasteiger charge is 2.49. The minimum Gasteiger partial charge on any atom is -0.462 e. The first-order valence-electron chi connectivity index (χ1n) is 5.06. The van der Waals surface area contributed by atoms with Crippen LogP contribution in [-0.4, -0.2) is 18.5 Å². The van der Waals surface area contributed by atoms with Crippen molar-refractivity contribution in [2.24, 2.45) is 5.73 Å². The van der Waals surface area contributed by atoms with Crippen LogP contribution < -0.4 is 5.73 Å². The SMILES string of the molecule is CCOC(=O)C(F)(F)[C@H](N)c1c(F)cccc1Br. The summed E-state index contributed by atoms with van der Waals surface area (Å²) in [6.07, 6.45) is 0. The fourth-order valence-corrected chi connectivity index (χ4v) is 1.93. The number of nitrogens with two attached hydrogens (primary N) is 1. The maximum absolute atomic E-state index is 13.7. The number of carbonyl (C=O) groups excluding carboxylic acids is 1. The lowest BCUT2D eigenvalue weighted by atomic mass is 10.0. The highest BCUT2D eigenvalue weighted by molar-refractivity contribution is 9.10. The zero-order valence-corrected chi connectivity index (χ0v) is 11.0. The predicted octanol–water partition coefficient (Wildman–Crippen LogP) is 2.79. The van der Waals surface area contributed by atoms with Gasteiger partial charge in [-0.15, -0.1) is 0 Å². The van der Waals surface area contributed by atoms with E-state index in [0.29, 0.717) is 0 Å². The van der Waals surface area contributed by atoms with E-state index in [1.165, 1.54) is 19.1 Å². The summed E-state index contributed by atoms with van der Waals surface area (Å²) in [6.45, 7) is 1.18. The molecule has 0 aliphatic carbocycles. The van der Waals surface area contributed by atoms with E-state index in [1.54, 1.807) is 0 Å². The van der Waals surface area contributed by atoms with Gasteiger partial charge in [0.1, 0.15) is 11.9 Å². The third-order valence-corrected chi connectivity index (χ3v) is 2.94. The zero-order valence-electron chi connectivity index (χ0n) is 9.42. The summed E-state index contributed by atoms with van der Waals surface area (Å²) >= 11 is 2.92. The number of benzene rings is 1. The summed E-state index contributed by atoms with van der Waals surface area (Å²) in [5.41, 5.74) is 4.82. The van der Waals surface area contributed by atoms with Crippen LogP contribution in [0.2, 0.25) is 0 Å². The van der Waals surface area contributed by atoms with Crippen LogP contribution in [0.4, 0.5) is 13.2 Å². The fourth-order valence-electron chi connectivity index (χ4n) is 1.34. The van der Waals surface area contributed by atoms with Gasteiger partial charge in [-0.3, -0.25) is 0 Å². The van der Waals surface area contributed by atoms with E-state index in [1.807, 2.05) is 0 Å². The van der Waals surface area contributed by atoms with Crippen molar-refractivity contribution in [3.63, 3.8) is 0 Å². The second-order valence-corrected chi connectivity index (χ2v) is 4.31. The molecule has 1 aromatic carbocycles. The molecule has 7 heteroatoms. The highest BCUT2D eigenvalue weighted by atomic mass is 79.9. The summed E-state index contributed by atoms with van der Waals surface area (Å²) in [5, 5.41) is 0. The number of halogens is 4. The maximum atomic E-state index is 13.7. The molecule has 2 N–H and O–H groups in total. The van der Waals surface area contributed by atoms with Crippen molar-refractivity contribution in [3.05, 3.63) is 34.1 Å². The molecule has 0 amide bonds. The van der Waals surface area contributed by atoms with Gasteiger partial charge >= 0.3 is 11.9 Å². The lowest BCUT2D eigenvalue weighted by Gasteiger charge is -2.23. The van der Waals surface area contributed by atoms with Gasteiger partial charge in [0, 0.05) is 10.0 Å². The van der Waals surface area contributed by atoms with E-state index < -0.39 is 29.3 Å². The molecule has 0 aromatic heterocycles. The summed E-state index contributed by atoms with van der Waals surface area (Å²) in [4.78, 5) is 11.1. The number of esters is 1. The Hall–Kier alpha value is -1.08. The Balaban J connectivity index is 3.13. The molecule has 0 fully saturated rings. The Bertz CT molecular complexity index is 434. The Morgan fingerprint density at radius 1 is 1.56 bits per heavy atom. The van der Waals surface area contributed by atoms with E-state index in [-0.39, 0.29) is 11.1 Å². The normalized spacial score (nSPS) is 13.2. The molecule has 0 aliphatic rings. The van der Waals surface area contributed by atoms with Crippen molar-refractivity contribution >= 4 is 21.9 Å². The lowest BCUT2D eigenvalue weighted by Crippen LogP contribution is -2.42. The largest absolute Gasteiger partial charge is 0.462 e. The second-order valence-electron chi connectivity index (χ2n) is 3.46. The van der Waals surface area contributed by atoms with Crippen LogP contribution in [0, 0.1) is 5.82 Å². The first-order chi connectivity index (χ1) is 8.32. The van der Waals surface area contributed by atoms with Crippen LogP contribution in [-0.2, 0) is 9.53 Å². The molecule has 0 bridgehead atoms.